The highest BCUT2D eigenvalue weighted by molar-refractivity contribution is 7.89. The van der Waals surface area contributed by atoms with Crippen molar-refractivity contribution in [2.75, 3.05) is 0 Å². The molecule has 0 fully saturated rings. The number of fused-ring (bicyclic) bond motifs is 1. The molecule has 0 saturated heterocycles. The summed E-state index contributed by atoms with van der Waals surface area (Å²) < 4.78 is 44.5. The maximum absolute atomic E-state index is 14.0. The van der Waals surface area contributed by atoms with Crippen molar-refractivity contribution in [3.8, 4) is 6.07 Å². The zero-order chi connectivity index (χ0) is 23.8. The van der Waals surface area contributed by atoms with Gasteiger partial charge in [-0.25, -0.2) is 12.8 Å². The summed E-state index contributed by atoms with van der Waals surface area (Å²) in [5, 5.41) is 9.61. The van der Waals surface area contributed by atoms with Crippen molar-refractivity contribution in [1.82, 2.24) is 9.29 Å². The quantitative estimate of drug-likeness (QED) is 0.625. The molecule has 0 radical (unpaired) electrons. The fourth-order valence-electron chi connectivity index (χ4n) is 3.94. The number of halogens is 1. The Balaban J connectivity index is 1.67. The van der Waals surface area contributed by atoms with Crippen LogP contribution in [0.3, 0.4) is 0 Å². The average Bonchev–Trinajstić information content (AvgIpc) is 3.10. The van der Waals surface area contributed by atoms with Crippen LogP contribution in [-0.2, 0) is 15.4 Å². The molecule has 2 heterocycles. The molecule has 0 amide bonds. The summed E-state index contributed by atoms with van der Waals surface area (Å²) in [6, 6.07) is 10.9. The SMILES string of the molecule is CC(C)(C)c1ccc(S(=O)(=O)NC2=CCC(C#N)c3cc(C4=CCC=CC(F)=C4)cn32)cc1. The standard InChI is InChI=1S/C26H26FN3O2S/c1-26(2,3)21-9-11-23(12-10-21)33(31,32)29-25-13-8-19(16-28)24-15-20(17-30(24)25)18-6-4-5-7-22(27)14-18/h5-7,9-15,17,19,29H,4,8H2,1-3H3. The number of aromatic nitrogens is 1. The maximum Gasteiger partial charge on any atom is 0.262 e. The number of hydrogen-bond donors (Lipinski definition) is 1. The first kappa shape index (κ1) is 22.8. The molecule has 1 aromatic carbocycles. The van der Waals surface area contributed by atoms with E-state index in [1.807, 2.05) is 24.3 Å². The van der Waals surface area contributed by atoms with Crippen LogP contribution < -0.4 is 4.72 Å². The summed E-state index contributed by atoms with van der Waals surface area (Å²) in [5.74, 6) is -0.411. The molecule has 7 heteroatoms. The van der Waals surface area contributed by atoms with E-state index < -0.39 is 15.9 Å². The minimum atomic E-state index is -3.84. The predicted molar refractivity (Wildman–Crippen MR) is 128 cm³/mol. The zero-order valence-corrected chi connectivity index (χ0v) is 19.7. The second-order valence-electron chi connectivity index (χ2n) is 9.24. The molecule has 5 nitrogen and oxygen atoms in total. The molecule has 1 unspecified atom stereocenters. The maximum atomic E-state index is 14.0. The Hall–Kier alpha value is -3.37. The lowest BCUT2D eigenvalue weighted by Gasteiger charge is -2.22. The second kappa shape index (κ2) is 8.53. The summed E-state index contributed by atoms with van der Waals surface area (Å²) in [6.07, 6.45) is 10.9. The first-order chi connectivity index (χ1) is 15.6. The van der Waals surface area contributed by atoms with E-state index in [9.17, 15) is 18.1 Å². The van der Waals surface area contributed by atoms with E-state index in [2.05, 4.69) is 31.6 Å². The molecule has 33 heavy (non-hydrogen) atoms. The summed E-state index contributed by atoms with van der Waals surface area (Å²) >= 11 is 0. The highest BCUT2D eigenvalue weighted by atomic mass is 32.2. The molecule has 1 aromatic heterocycles. The number of nitriles is 1. The van der Waals surface area contributed by atoms with Crippen molar-refractivity contribution < 1.29 is 12.8 Å². The van der Waals surface area contributed by atoms with Crippen LogP contribution in [0, 0.1) is 11.3 Å². The topological polar surface area (TPSA) is 74.9 Å². The average molecular weight is 464 g/mol. The molecule has 0 spiro atoms. The number of rotatable bonds is 4. The number of allylic oxidation sites excluding steroid dienone is 7. The first-order valence-corrected chi connectivity index (χ1v) is 12.3. The Bertz CT molecular complexity index is 1350. The molecule has 2 aromatic rings. The number of hydrogen-bond acceptors (Lipinski definition) is 3. The van der Waals surface area contributed by atoms with Gasteiger partial charge in [0.1, 0.15) is 11.6 Å². The Morgan fingerprint density at radius 2 is 1.91 bits per heavy atom. The molecule has 1 N–H and O–H groups in total. The van der Waals surface area contributed by atoms with Crippen LogP contribution >= 0.6 is 0 Å². The minimum absolute atomic E-state index is 0.0828. The van der Waals surface area contributed by atoms with E-state index in [1.54, 1.807) is 35.0 Å². The fraction of sp³-hybridized carbons (Fsp3) is 0.269. The van der Waals surface area contributed by atoms with Crippen LogP contribution in [-0.4, -0.2) is 13.0 Å². The van der Waals surface area contributed by atoms with Gasteiger partial charge in [0.15, 0.2) is 0 Å². The molecule has 2 aliphatic rings. The zero-order valence-electron chi connectivity index (χ0n) is 18.8. The molecule has 1 aliphatic carbocycles. The smallest absolute Gasteiger partial charge is 0.262 e. The Labute approximate surface area is 194 Å². The van der Waals surface area contributed by atoms with Gasteiger partial charge in [-0.15, -0.1) is 0 Å². The van der Waals surface area contributed by atoms with E-state index >= 15 is 0 Å². The number of sulfonamides is 1. The molecule has 4 rings (SSSR count). The number of nitrogens with one attached hydrogen (secondary N) is 1. The highest BCUT2D eigenvalue weighted by Gasteiger charge is 2.26. The van der Waals surface area contributed by atoms with Gasteiger partial charge < -0.3 is 4.57 Å². The van der Waals surface area contributed by atoms with Crippen molar-refractivity contribution in [3.05, 3.63) is 89.6 Å². The van der Waals surface area contributed by atoms with Crippen LogP contribution in [0.5, 0.6) is 0 Å². The normalized spacial score (nSPS) is 18.4. The van der Waals surface area contributed by atoms with Gasteiger partial charge in [-0.05, 0) is 71.4 Å². The van der Waals surface area contributed by atoms with Gasteiger partial charge >= 0.3 is 0 Å². The molecule has 0 saturated carbocycles. The monoisotopic (exact) mass is 463 g/mol. The van der Waals surface area contributed by atoms with Crippen LogP contribution in [0.15, 0.2) is 77.6 Å². The van der Waals surface area contributed by atoms with E-state index in [1.165, 1.54) is 12.2 Å². The largest absolute Gasteiger partial charge is 0.305 e. The third-order valence-corrected chi connectivity index (χ3v) is 7.19. The van der Waals surface area contributed by atoms with E-state index in [-0.39, 0.29) is 16.1 Å². The number of benzene rings is 1. The van der Waals surface area contributed by atoms with Gasteiger partial charge in [-0.1, -0.05) is 45.1 Å². The minimum Gasteiger partial charge on any atom is -0.305 e. The number of nitrogens with zero attached hydrogens (tertiary/aromatic N) is 2. The van der Waals surface area contributed by atoms with Gasteiger partial charge in [0.2, 0.25) is 0 Å². The summed E-state index contributed by atoms with van der Waals surface area (Å²) in [4.78, 5) is 0.162. The predicted octanol–water partition coefficient (Wildman–Crippen LogP) is 5.77. The first-order valence-electron chi connectivity index (χ1n) is 10.8. The van der Waals surface area contributed by atoms with E-state index in [0.717, 1.165) is 11.1 Å². The van der Waals surface area contributed by atoms with Crippen LogP contribution in [0.2, 0.25) is 0 Å². The Morgan fingerprint density at radius 1 is 1.18 bits per heavy atom. The summed E-state index contributed by atoms with van der Waals surface area (Å²) in [6.45, 7) is 6.21. The van der Waals surface area contributed by atoms with Gasteiger partial charge in [-0.2, -0.15) is 5.26 Å². The lowest BCUT2D eigenvalue weighted by atomic mass is 9.87. The van der Waals surface area contributed by atoms with Gasteiger partial charge in [0.25, 0.3) is 10.0 Å². The van der Waals surface area contributed by atoms with Crippen LogP contribution in [0.1, 0.15) is 56.4 Å². The van der Waals surface area contributed by atoms with Crippen LogP contribution in [0.4, 0.5) is 4.39 Å². The molecular formula is C26H26FN3O2S. The Morgan fingerprint density at radius 3 is 2.58 bits per heavy atom. The summed E-state index contributed by atoms with van der Waals surface area (Å²) in [5.41, 5.74) is 3.05. The van der Waals surface area contributed by atoms with Crippen molar-refractivity contribution >= 4 is 21.4 Å². The van der Waals surface area contributed by atoms with Crippen molar-refractivity contribution in [3.63, 3.8) is 0 Å². The van der Waals surface area contributed by atoms with Crippen molar-refractivity contribution in [1.29, 1.82) is 5.26 Å². The molecule has 0 bridgehead atoms. The summed E-state index contributed by atoms with van der Waals surface area (Å²) in [7, 11) is -3.84. The van der Waals surface area contributed by atoms with Gasteiger partial charge in [-0.3, -0.25) is 4.72 Å². The highest BCUT2D eigenvalue weighted by Crippen LogP contribution is 2.34. The van der Waals surface area contributed by atoms with Crippen LogP contribution in [0.25, 0.3) is 11.4 Å². The molecular weight excluding hydrogens is 437 g/mol. The second-order valence-corrected chi connectivity index (χ2v) is 10.9. The van der Waals surface area contributed by atoms with Crippen molar-refractivity contribution in [2.24, 2.45) is 0 Å². The van der Waals surface area contributed by atoms with E-state index in [4.69, 9.17) is 0 Å². The lowest BCUT2D eigenvalue weighted by molar-refractivity contribution is 0.583. The third-order valence-electron chi connectivity index (χ3n) is 5.82. The third kappa shape index (κ3) is 4.71. The van der Waals surface area contributed by atoms with Gasteiger partial charge in [0.05, 0.1) is 16.9 Å². The Kier molecular flexibility index (Phi) is 5.89. The fourth-order valence-corrected chi connectivity index (χ4v) is 5.01. The van der Waals surface area contributed by atoms with E-state index in [0.29, 0.717) is 29.9 Å². The van der Waals surface area contributed by atoms with Gasteiger partial charge in [0, 0.05) is 11.9 Å². The molecule has 1 aliphatic heterocycles. The molecule has 1 atom stereocenters. The lowest BCUT2D eigenvalue weighted by Crippen LogP contribution is -2.28. The van der Waals surface area contributed by atoms with Crippen molar-refractivity contribution in [2.45, 2.75) is 49.8 Å². The molecule has 170 valence electrons.